The lowest BCUT2D eigenvalue weighted by atomic mass is 9.88. The zero-order valence-electron chi connectivity index (χ0n) is 20.2. The number of carbonyl (C=O) groups is 1. The van der Waals surface area contributed by atoms with E-state index in [0.29, 0.717) is 55.2 Å². The van der Waals surface area contributed by atoms with Gasteiger partial charge in [-0.15, -0.1) is 12.4 Å². The molecule has 5 heterocycles. The SMILES string of the molecule is Cl.O=C1COc2ccc(CN[C@H]3CCN(CC4CCn5c(=O)ccc6ccc(F)c4c65)C[C@H]3O)nc2N1. The third-order valence-electron chi connectivity index (χ3n) is 7.47. The first-order chi connectivity index (χ1) is 17.5. The Labute approximate surface area is 219 Å². The highest BCUT2D eigenvalue weighted by Crippen LogP contribution is 2.35. The van der Waals surface area contributed by atoms with Gasteiger partial charge in [-0.05, 0) is 55.1 Å². The first-order valence-electron chi connectivity index (χ1n) is 12.3. The Morgan fingerprint density at radius 2 is 1.97 bits per heavy atom. The maximum absolute atomic E-state index is 15.0. The number of nitrogens with zero attached hydrogens (tertiary/aromatic N) is 3. The molecule has 3 aromatic rings. The summed E-state index contributed by atoms with van der Waals surface area (Å²) in [7, 11) is 0. The molecule has 1 fully saturated rings. The number of carbonyl (C=O) groups excluding carboxylic acids is 1. The quantitative estimate of drug-likeness (QED) is 0.464. The van der Waals surface area contributed by atoms with E-state index < -0.39 is 6.10 Å². The van der Waals surface area contributed by atoms with Crippen LogP contribution in [0, 0.1) is 5.82 Å². The summed E-state index contributed by atoms with van der Waals surface area (Å²) in [5.74, 6) is 0.424. The number of amides is 1. The molecule has 0 spiro atoms. The van der Waals surface area contributed by atoms with E-state index >= 15 is 0 Å². The van der Waals surface area contributed by atoms with Crippen LogP contribution >= 0.6 is 12.4 Å². The molecule has 3 atom stereocenters. The topological polar surface area (TPSA) is 109 Å². The largest absolute Gasteiger partial charge is 0.480 e. The molecule has 3 aliphatic heterocycles. The number of halogens is 2. The number of benzene rings is 1. The number of anilines is 1. The van der Waals surface area contributed by atoms with Crippen LogP contribution in [0.3, 0.4) is 0 Å². The molecule has 0 radical (unpaired) electrons. The van der Waals surface area contributed by atoms with Crippen molar-refractivity contribution in [2.45, 2.75) is 44.0 Å². The molecule has 3 N–H and O–H groups in total. The first-order valence-corrected chi connectivity index (χ1v) is 12.3. The van der Waals surface area contributed by atoms with E-state index in [1.54, 1.807) is 28.8 Å². The number of ether oxygens (including phenoxy) is 1. The van der Waals surface area contributed by atoms with Crippen molar-refractivity contribution in [2.24, 2.45) is 0 Å². The molecule has 0 bridgehead atoms. The maximum atomic E-state index is 15.0. The lowest BCUT2D eigenvalue weighted by Gasteiger charge is -2.39. The van der Waals surface area contributed by atoms with Crippen molar-refractivity contribution in [3.8, 4) is 5.75 Å². The van der Waals surface area contributed by atoms with Gasteiger partial charge in [0.05, 0.1) is 17.3 Å². The molecule has 1 amide bonds. The van der Waals surface area contributed by atoms with Crippen LogP contribution in [0.4, 0.5) is 10.2 Å². The highest BCUT2D eigenvalue weighted by molar-refractivity contribution is 5.94. The monoisotopic (exact) mass is 529 g/mol. The molecule has 1 saturated heterocycles. The number of aryl methyl sites for hydroxylation is 1. The van der Waals surface area contributed by atoms with E-state index in [4.69, 9.17) is 4.74 Å². The van der Waals surface area contributed by atoms with Gasteiger partial charge in [0.1, 0.15) is 5.82 Å². The van der Waals surface area contributed by atoms with E-state index in [9.17, 15) is 19.1 Å². The second kappa shape index (κ2) is 10.4. The number of β-amino-alcohol motifs (C(OH)–C–C–N with tert-alkyl or cyclic N) is 1. The molecule has 11 heteroatoms. The van der Waals surface area contributed by atoms with Gasteiger partial charge < -0.3 is 29.9 Å². The average Bonchev–Trinajstić information content (AvgIpc) is 2.87. The smallest absolute Gasteiger partial charge is 0.263 e. The van der Waals surface area contributed by atoms with E-state index in [1.165, 1.54) is 6.07 Å². The number of fused-ring (bicyclic) bond motifs is 1. The molecule has 9 nitrogen and oxygen atoms in total. The van der Waals surface area contributed by atoms with Crippen molar-refractivity contribution >= 4 is 35.0 Å². The van der Waals surface area contributed by atoms with E-state index in [1.807, 2.05) is 6.07 Å². The van der Waals surface area contributed by atoms with Crippen molar-refractivity contribution in [3.63, 3.8) is 0 Å². The van der Waals surface area contributed by atoms with Crippen LogP contribution in [0.2, 0.25) is 0 Å². The molecule has 0 saturated carbocycles. The number of rotatable bonds is 5. The molecular formula is C26H29ClFN5O4. The van der Waals surface area contributed by atoms with Crippen LogP contribution in [-0.2, 0) is 17.9 Å². The van der Waals surface area contributed by atoms with Crippen molar-refractivity contribution in [2.75, 3.05) is 31.6 Å². The summed E-state index contributed by atoms with van der Waals surface area (Å²) in [5, 5.41) is 17.8. The van der Waals surface area contributed by atoms with Crippen molar-refractivity contribution in [1.82, 2.24) is 19.8 Å². The third-order valence-corrected chi connectivity index (χ3v) is 7.47. The van der Waals surface area contributed by atoms with E-state index in [0.717, 1.165) is 24.0 Å². The number of aliphatic hydroxyl groups excluding tert-OH is 1. The summed E-state index contributed by atoms with van der Waals surface area (Å²) in [5.41, 5.74) is 1.96. The fourth-order valence-electron chi connectivity index (χ4n) is 5.67. The Hall–Kier alpha value is -3.05. The number of aromatic nitrogens is 2. The summed E-state index contributed by atoms with van der Waals surface area (Å²) in [6.45, 7) is 2.89. The lowest BCUT2D eigenvalue weighted by Crippen LogP contribution is -2.53. The van der Waals surface area contributed by atoms with Gasteiger partial charge in [0.25, 0.3) is 11.5 Å². The molecule has 1 aromatic carbocycles. The summed E-state index contributed by atoms with van der Waals surface area (Å²) >= 11 is 0. The summed E-state index contributed by atoms with van der Waals surface area (Å²) < 4.78 is 22.0. The third kappa shape index (κ3) is 4.94. The van der Waals surface area contributed by atoms with Crippen LogP contribution < -0.4 is 20.9 Å². The maximum Gasteiger partial charge on any atom is 0.263 e. The van der Waals surface area contributed by atoms with Crippen LogP contribution in [0.5, 0.6) is 5.75 Å². The van der Waals surface area contributed by atoms with Gasteiger partial charge in [0.2, 0.25) is 0 Å². The summed E-state index contributed by atoms with van der Waals surface area (Å²) in [6, 6.07) is 10.0. The van der Waals surface area contributed by atoms with Gasteiger partial charge in [0, 0.05) is 49.8 Å². The number of aliphatic hydroxyl groups is 1. The first kappa shape index (κ1) is 25.6. The molecule has 37 heavy (non-hydrogen) atoms. The Balaban J connectivity index is 0.00000280. The highest BCUT2D eigenvalue weighted by Gasteiger charge is 2.32. The molecule has 6 rings (SSSR count). The average molecular weight is 530 g/mol. The van der Waals surface area contributed by atoms with Crippen molar-refractivity contribution in [1.29, 1.82) is 0 Å². The fourth-order valence-corrected chi connectivity index (χ4v) is 5.67. The molecule has 196 valence electrons. The second-order valence-corrected chi connectivity index (χ2v) is 9.80. The molecule has 3 aliphatic rings. The van der Waals surface area contributed by atoms with Gasteiger partial charge in [-0.25, -0.2) is 9.37 Å². The minimum atomic E-state index is -0.585. The Kier molecular flexibility index (Phi) is 7.17. The Morgan fingerprint density at radius 3 is 2.81 bits per heavy atom. The van der Waals surface area contributed by atoms with Gasteiger partial charge in [0.15, 0.2) is 18.2 Å². The zero-order valence-corrected chi connectivity index (χ0v) is 21.0. The van der Waals surface area contributed by atoms with Gasteiger partial charge >= 0.3 is 0 Å². The van der Waals surface area contributed by atoms with E-state index in [-0.39, 0.29) is 48.3 Å². The second-order valence-electron chi connectivity index (χ2n) is 9.80. The summed E-state index contributed by atoms with van der Waals surface area (Å²) in [6.07, 6.45) is 0.839. The Morgan fingerprint density at radius 1 is 1.14 bits per heavy atom. The minimum Gasteiger partial charge on any atom is -0.480 e. The molecule has 0 aliphatic carbocycles. The van der Waals surface area contributed by atoms with Crippen LogP contribution in [0.1, 0.15) is 30.0 Å². The normalized spacial score (nSPS) is 23.1. The van der Waals surface area contributed by atoms with E-state index in [2.05, 4.69) is 20.5 Å². The van der Waals surface area contributed by atoms with Crippen molar-refractivity contribution < 1.29 is 19.0 Å². The minimum absolute atomic E-state index is 0. The summed E-state index contributed by atoms with van der Waals surface area (Å²) in [4.78, 5) is 30.5. The number of hydrogen-bond acceptors (Lipinski definition) is 7. The van der Waals surface area contributed by atoms with Crippen LogP contribution in [-0.4, -0.2) is 63.9 Å². The fraction of sp³-hybridized carbons (Fsp3) is 0.423. The van der Waals surface area contributed by atoms with Gasteiger partial charge in [-0.1, -0.05) is 0 Å². The number of piperidine rings is 1. The highest BCUT2D eigenvalue weighted by atomic mass is 35.5. The van der Waals surface area contributed by atoms with Gasteiger partial charge in [-0.3, -0.25) is 9.59 Å². The number of nitrogens with one attached hydrogen (secondary N) is 2. The number of hydrogen-bond donors (Lipinski definition) is 3. The molecular weight excluding hydrogens is 501 g/mol. The predicted molar refractivity (Wildman–Crippen MR) is 139 cm³/mol. The van der Waals surface area contributed by atoms with Crippen molar-refractivity contribution in [3.05, 3.63) is 63.8 Å². The number of pyridine rings is 2. The van der Waals surface area contributed by atoms with Crippen LogP contribution in [0.15, 0.2) is 41.2 Å². The van der Waals surface area contributed by atoms with Gasteiger partial charge in [-0.2, -0.15) is 0 Å². The zero-order chi connectivity index (χ0) is 24.8. The Bertz CT molecular complexity index is 1400. The van der Waals surface area contributed by atoms with Crippen LogP contribution in [0.25, 0.3) is 10.9 Å². The molecule has 2 aromatic heterocycles. The lowest BCUT2D eigenvalue weighted by molar-refractivity contribution is -0.118. The number of likely N-dealkylation sites (tertiary alicyclic amines) is 1. The predicted octanol–water partition coefficient (Wildman–Crippen LogP) is 2.00. The molecule has 1 unspecified atom stereocenters. The standard InChI is InChI=1S/C26H28FN5O4.ClH/c27-18-4-1-15-2-6-23(35)32-10-7-16(24(18)25(15)32)12-31-9-8-19(20(33)13-31)28-11-17-3-5-21-26(29-17)30-22(34)14-36-21;/h1-6,16,19-20,28,33H,7-14H2,(H,29,30,34);1H/t16?,19-,20+;/m0./s1.